The van der Waals surface area contributed by atoms with Crippen molar-refractivity contribution in [3.8, 4) is 5.75 Å². The summed E-state index contributed by atoms with van der Waals surface area (Å²) in [5, 5.41) is 0. The average Bonchev–Trinajstić information content (AvgIpc) is 2.27. The first-order chi connectivity index (χ1) is 8.49. The summed E-state index contributed by atoms with van der Waals surface area (Å²) < 4.78 is 6.71. The Morgan fingerprint density at radius 2 is 2.22 bits per heavy atom. The molecule has 0 amide bonds. The summed E-state index contributed by atoms with van der Waals surface area (Å²) in [5.41, 5.74) is 5.58. The SMILES string of the molecule is CC(C)N(CCOc1cccc(Br)c1)CC(N)=S. The Morgan fingerprint density at radius 3 is 2.78 bits per heavy atom. The molecule has 0 bridgehead atoms. The fraction of sp³-hybridized carbons (Fsp3) is 0.462. The molecule has 2 N–H and O–H groups in total. The van der Waals surface area contributed by atoms with Crippen LogP contribution in [0.2, 0.25) is 0 Å². The third-order valence-corrected chi connectivity index (χ3v) is 3.15. The van der Waals surface area contributed by atoms with Gasteiger partial charge in [0.25, 0.3) is 0 Å². The Balaban J connectivity index is 2.41. The monoisotopic (exact) mass is 330 g/mol. The molecule has 0 saturated carbocycles. The van der Waals surface area contributed by atoms with Crippen molar-refractivity contribution in [1.82, 2.24) is 4.90 Å². The van der Waals surface area contributed by atoms with E-state index in [2.05, 4.69) is 34.7 Å². The Kier molecular flexibility index (Phi) is 6.60. The van der Waals surface area contributed by atoms with Crippen molar-refractivity contribution in [2.24, 2.45) is 5.73 Å². The maximum Gasteiger partial charge on any atom is 0.120 e. The minimum Gasteiger partial charge on any atom is -0.492 e. The van der Waals surface area contributed by atoms with Crippen molar-refractivity contribution in [3.63, 3.8) is 0 Å². The van der Waals surface area contributed by atoms with Crippen LogP contribution in [0.4, 0.5) is 0 Å². The van der Waals surface area contributed by atoms with E-state index in [4.69, 9.17) is 22.7 Å². The maximum atomic E-state index is 5.69. The van der Waals surface area contributed by atoms with E-state index in [1.54, 1.807) is 0 Å². The molecule has 5 heteroatoms. The van der Waals surface area contributed by atoms with Crippen LogP contribution in [0.3, 0.4) is 0 Å². The molecule has 0 spiro atoms. The molecule has 18 heavy (non-hydrogen) atoms. The molecule has 0 aliphatic carbocycles. The van der Waals surface area contributed by atoms with E-state index in [1.807, 2.05) is 24.3 Å². The zero-order valence-corrected chi connectivity index (χ0v) is 13.1. The topological polar surface area (TPSA) is 38.5 Å². The standard InChI is InChI=1S/C13H19BrN2OS/c1-10(2)16(9-13(15)18)6-7-17-12-5-3-4-11(14)8-12/h3-5,8,10H,6-7,9H2,1-2H3,(H2,15,18). The molecule has 3 nitrogen and oxygen atoms in total. The molecule has 0 fully saturated rings. The highest BCUT2D eigenvalue weighted by molar-refractivity contribution is 9.10. The van der Waals surface area contributed by atoms with E-state index in [0.29, 0.717) is 24.2 Å². The van der Waals surface area contributed by atoms with Gasteiger partial charge in [-0.3, -0.25) is 4.90 Å². The van der Waals surface area contributed by atoms with Crippen molar-refractivity contribution < 1.29 is 4.74 Å². The quantitative estimate of drug-likeness (QED) is 0.780. The largest absolute Gasteiger partial charge is 0.492 e. The molecular weight excluding hydrogens is 312 g/mol. The molecular formula is C13H19BrN2OS. The highest BCUT2D eigenvalue weighted by atomic mass is 79.9. The Bertz CT molecular complexity index is 398. The van der Waals surface area contributed by atoms with Crippen LogP contribution in [-0.2, 0) is 0 Å². The fourth-order valence-electron chi connectivity index (χ4n) is 1.56. The minimum atomic E-state index is 0.401. The minimum absolute atomic E-state index is 0.401. The smallest absolute Gasteiger partial charge is 0.120 e. The Labute approximate surface area is 122 Å². The number of hydrogen-bond acceptors (Lipinski definition) is 3. The molecule has 0 saturated heterocycles. The highest BCUT2D eigenvalue weighted by Crippen LogP contribution is 2.17. The number of thiocarbonyl (C=S) groups is 1. The Hall–Kier alpha value is -0.650. The van der Waals surface area contributed by atoms with Crippen LogP contribution in [-0.4, -0.2) is 35.6 Å². The van der Waals surface area contributed by atoms with Gasteiger partial charge in [-0.25, -0.2) is 0 Å². The summed E-state index contributed by atoms with van der Waals surface area (Å²) in [5.74, 6) is 0.864. The molecule has 100 valence electrons. The predicted octanol–water partition coefficient (Wildman–Crippen LogP) is 2.82. The molecule has 1 aromatic rings. The van der Waals surface area contributed by atoms with E-state index in [-0.39, 0.29) is 0 Å². The zero-order chi connectivity index (χ0) is 13.5. The van der Waals surface area contributed by atoms with Gasteiger partial charge in [0.05, 0.1) is 4.99 Å². The third kappa shape index (κ3) is 5.80. The summed E-state index contributed by atoms with van der Waals surface area (Å²) in [7, 11) is 0. The lowest BCUT2D eigenvalue weighted by atomic mass is 10.3. The van der Waals surface area contributed by atoms with Crippen LogP contribution in [0.25, 0.3) is 0 Å². The number of nitrogens with two attached hydrogens (primary N) is 1. The lowest BCUT2D eigenvalue weighted by Gasteiger charge is -2.25. The predicted molar refractivity (Wildman–Crippen MR) is 83.1 cm³/mol. The van der Waals surface area contributed by atoms with Gasteiger partial charge >= 0.3 is 0 Å². The van der Waals surface area contributed by atoms with Crippen molar-refractivity contribution in [2.75, 3.05) is 19.7 Å². The summed E-state index contributed by atoms with van der Waals surface area (Å²) >= 11 is 8.36. The molecule has 0 unspecified atom stereocenters. The summed E-state index contributed by atoms with van der Waals surface area (Å²) in [4.78, 5) is 2.71. The van der Waals surface area contributed by atoms with E-state index in [9.17, 15) is 0 Å². The molecule has 1 aromatic carbocycles. The van der Waals surface area contributed by atoms with Gasteiger partial charge in [-0.05, 0) is 32.0 Å². The average molecular weight is 331 g/mol. The van der Waals surface area contributed by atoms with E-state index < -0.39 is 0 Å². The summed E-state index contributed by atoms with van der Waals surface area (Å²) in [6.07, 6.45) is 0. The number of rotatable bonds is 7. The van der Waals surface area contributed by atoms with Crippen LogP contribution in [0.5, 0.6) is 5.75 Å². The van der Waals surface area contributed by atoms with Gasteiger partial charge in [0, 0.05) is 23.6 Å². The second kappa shape index (κ2) is 7.71. The van der Waals surface area contributed by atoms with Crippen molar-refractivity contribution in [1.29, 1.82) is 0 Å². The number of ether oxygens (including phenoxy) is 1. The zero-order valence-electron chi connectivity index (χ0n) is 10.7. The highest BCUT2D eigenvalue weighted by Gasteiger charge is 2.10. The van der Waals surface area contributed by atoms with Crippen LogP contribution < -0.4 is 10.5 Å². The van der Waals surface area contributed by atoms with Gasteiger partial charge in [-0.1, -0.05) is 34.2 Å². The van der Waals surface area contributed by atoms with E-state index in [1.165, 1.54) is 0 Å². The summed E-state index contributed by atoms with van der Waals surface area (Å²) in [6, 6.07) is 8.22. The number of benzene rings is 1. The normalized spacial score (nSPS) is 10.9. The molecule has 0 aliphatic heterocycles. The van der Waals surface area contributed by atoms with Crippen LogP contribution >= 0.6 is 28.1 Å². The first-order valence-corrected chi connectivity index (χ1v) is 7.10. The van der Waals surface area contributed by atoms with Gasteiger partial charge < -0.3 is 10.5 Å². The first-order valence-electron chi connectivity index (χ1n) is 5.89. The number of nitrogens with zero attached hydrogens (tertiary/aromatic N) is 1. The van der Waals surface area contributed by atoms with Crippen molar-refractivity contribution >= 4 is 33.1 Å². The molecule has 1 rings (SSSR count). The van der Waals surface area contributed by atoms with Crippen LogP contribution in [0.15, 0.2) is 28.7 Å². The first kappa shape index (κ1) is 15.4. The summed E-state index contributed by atoms with van der Waals surface area (Å²) in [6.45, 7) is 6.31. The fourth-order valence-corrected chi connectivity index (χ4v) is 2.10. The molecule has 0 aliphatic rings. The maximum absolute atomic E-state index is 5.69. The Morgan fingerprint density at radius 1 is 1.50 bits per heavy atom. The second-order valence-electron chi connectivity index (χ2n) is 4.34. The molecule has 0 aromatic heterocycles. The van der Waals surface area contributed by atoms with E-state index in [0.717, 1.165) is 16.8 Å². The van der Waals surface area contributed by atoms with Gasteiger partial charge in [0.1, 0.15) is 12.4 Å². The molecule has 0 radical (unpaired) electrons. The third-order valence-electron chi connectivity index (χ3n) is 2.53. The van der Waals surface area contributed by atoms with Crippen LogP contribution in [0.1, 0.15) is 13.8 Å². The number of halogens is 1. The second-order valence-corrected chi connectivity index (χ2v) is 5.78. The molecule has 0 atom stereocenters. The lowest BCUT2D eigenvalue weighted by molar-refractivity contribution is 0.196. The van der Waals surface area contributed by atoms with Crippen molar-refractivity contribution in [2.45, 2.75) is 19.9 Å². The van der Waals surface area contributed by atoms with Gasteiger partial charge in [0.2, 0.25) is 0 Å². The van der Waals surface area contributed by atoms with Gasteiger partial charge in [-0.15, -0.1) is 0 Å². The van der Waals surface area contributed by atoms with Crippen molar-refractivity contribution in [3.05, 3.63) is 28.7 Å². The van der Waals surface area contributed by atoms with E-state index >= 15 is 0 Å². The van der Waals surface area contributed by atoms with Gasteiger partial charge in [0.15, 0.2) is 0 Å². The lowest BCUT2D eigenvalue weighted by Crippen LogP contribution is -2.40. The number of hydrogen-bond donors (Lipinski definition) is 1. The van der Waals surface area contributed by atoms with Gasteiger partial charge in [-0.2, -0.15) is 0 Å². The molecule has 0 heterocycles. The van der Waals surface area contributed by atoms with Crippen LogP contribution in [0, 0.1) is 0 Å².